The van der Waals surface area contributed by atoms with Crippen molar-refractivity contribution in [3.05, 3.63) is 59.7 Å². The second-order valence-electron chi connectivity index (χ2n) is 12.4. The molecule has 0 unspecified atom stereocenters. The van der Waals surface area contributed by atoms with Gasteiger partial charge in [-0.3, -0.25) is 24.5 Å². The highest BCUT2D eigenvalue weighted by Gasteiger charge is 2.27. The third kappa shape index (κ3) is 9.82. The topological polar surface area (TPSA) is 137 Å². The maximum atomic E-state index is 11.8. The molecule has 5 rings (SSSR count). The lowest BCUT2D eigenvalue weighted by atomic mass is 9.77. The zero-order valence-electron chi connectivity index (χ0n) is 26.0. The zero-order chi connectivity index (χ0) is 31.5. The monoisotopic (exact) mass is 605 g/mol. The molecule has 0 aromatic heterocycles. The van der Waals surface area contributed by atoms with E-state index in [2.05, 4.69) is 34.9 Å². The standard InChI is InChI=1S/C20H26N2O4.C15H21NO2/c1-26-19(24)12-13-2-4-14(5-3-13)15-6-8-16(9-7-15)21-17-10-11-18(23)22-20(17)25;1-18-15(17)10-11-2-4-12(5-3-11)13-6-8-14(16)9-7-13/h6-9,13-14,17,21H,2-5,10-12H2,1H3,(H,22,23,25);6-9,11-12H,2-5,10,16H2,1H3/t13?,14?,17-;/m1./s1. The van der Waals surface area contributed by atoms with Gasteiger partial charge in [-0.25, -0.2) is 0 Å². The molecule has 1 saturated heterocycles. The van der Waals surface area contributed by atoms with E-state index in [1.165, 1.54) is 25.3 Å². The highest BCUT2D eigenvalue weighted by atomic mass is 16.5. The van der Waals surface area contributed by atoms with Gasteiger partial charge in [0, 0.05) is 30.6 Å². The van der Waals surface area contributed by atoms with E-state index in [1.807, 2.05) is 24.3 Å². The van der Waals surface area contributed by atoms with Gasteiger partial charge in [0.05, 0.1) is 14.2 Å². The zero-order valence-corrected chi connectivity index (χ0v) is 26.0. The minimum Gasteiger partial charge on any atom is -0.469 e. The molecule has 3 aliphatic rings. The molecule has 2 aromatic carbocycles. The van der Waals surface area contributed by atoms with Crippen molar-refractivity contribution in [3.8, 4) is 0 Å². The van der Waals surface area contributed by atoms with Gasteiger partial charge < -0.3 is 20.5 Å². The molecular formula is C35H47N3O6. The lowest BCUT2D eigenvalue weighted by molar-refractivity contribution is -0.142. The molecule has 1 atom stereocenters. The first kappa shape index (κ1) is 33.0. The first-order valence-electron chi connectivity index (χ1n) is 15.9. The van der Waals surface area contributed by atoms with Gasteiger partial charge in [-0.15, -0.1) is 0 Å². The molecule has 2 aromatic rings. The van der Waals surface area contributed by atoms with E-state index in [0.29, 0.717) is 49.4 Å². The first-order valence-corrected chi connectivity index (χ1v) is 15.9. The van der Waals surface area contributed by atoms with Gasteiger partial charge in [-0.05, 0) is 117 Å². The van der Waals surface area contributed by atoms with Crippen LogP contribution in [-0.4, -0.2) is 44.0 Å². The molecule has 9 nitrogen and oxygen atoms in total. The highest BCUT2D eigenvalue weighted by molar-refractivity contribution is 6.01. The van der Waals surface area contributed by atoms with Gasteiger partial charge in [0.2, 0.25) is 11.8 Å². The summed E-state index contributed by atoms with van der Waals surface area (Å²) in [6.07, 6.45) is 10.8. The summed E-state index contributed by atoms with van der Waals surface area (Å²) in [7, 11) is 2.90. The number of piperidine rings is 1. The fourth-order valence-corrected chi connectivity index (χ4v) is 6.69. The van der Waals surface area contributed by atoms with Crippen molar-refractivity contribution in [3.63, 3.8) is 0 Å². The van der Waals surface area contributed by atoms with Crippen LogP contribution in [0.4, 0.5) is 11.4 Å². The third-order valence-electron chi connectivity index (χ3n) is 9.43. The Kier molecular flexibility index (Phi) is 12.2. The first-order chi connectivity index (χ1) is 21.2. The lowest BCUT2D eigenvalue weighted by Gasteiger charge is -2.28. The normalized spacial score (nSPS) is 25.1. The van der Waals surface area contributed by atoms with Crippen LogP contribution in [0.15, 0.2) is 48.5 Å². The predicted molar refractivity (Wildman–Crippen MR) is 170 cm³/mol. The minimum absolute atomic E-state index is 0.0778. The number of benzene rings is 2. The van der Waals surface area contributed by atoms with E-state index in [1.54, 1.807) is 0 Å². The number of esters is 2. The maximum Gasteiger partial charge on any atom is 0.305 e. The largest absolute Gasteiger partial charge is 0.469 e. The lowest BCUT2D eigenvalue weighted by Crippen LogP contribution is -2.47. The van der Waals surface area contributed by atoms with E-state index < -0.39 is 0 Å². The predicted octanol–water partition coefficient (Wildman–Crippen LogP) is 5.85. The van der Waals surface area contributed by atoms with Crippen LogP contribution >= 0.6 is 0 Å². The van der Waals surface area contributed by atoms with Gasteiger partial charge in [0.15, 0.2) is 0 Å². The van der Waals surface area contributed by atoms with E-state index >= 15 is 0 Å². The van der Waals surface area contributed by atoms with Crippen molar-refractivity contribution in [2.45, 2.75) is 94.9 Å². The number of imide groups is 1. The number of hydrogen-bond acceptors (Lipinski definition) is 8. The molecule has 1 heterocycles. The van der Waals surface area contributed by atoms with Gasteiger partial charge in [-0.1, -0.05) is 24.3 Å². The number of carbonyl (C=O) groups excluding carboxylic acids is 4. The molecule has 2 aliphatic carbocycles. The number of methoxy groups -OCH3 is 2. The van der Waals surface area contributed by atoms with Crippen molar-refractivity contribution in [1.82, 2.24) is 5.32 Å². The number of nitrogens with two attached hydrogens (primary N) is 1. The summed E-state index contributed by atoms with van der Waals surface area (Å²) in [4.78, 5) is 45.7. The van der Waals surface area contributed by atoms with E-state index in [4.69, 9.17) is 15.2 Å². The Morgan fingerprint density at radius 3 is 1.61 bits per heavy atom. The highest BCUT2D eigenvalue weighted by Crippen LogP contribution is 2.38. The van der Waals surface area contributed by atoms with Crippen LogP contribution in [0.1, 0.15) is 100 Å². The molecule has 9 heteroatoms. The second-order valence-corrected chi connectivity index (χ2v) is 12.4. The molecule has 0 radical (unpaired) electrons. The Bertz CT molecular complexity index is 1250. The van der Waals surface area contributed by atoms with Gasteiger partial charge in [0.1, 0.15) is 6.04 Å². The number of amides is 2. The number of ether oxygens (including phenoxy) is 2. The summed E-state index contributed by atoms with van der Waals surface area (Å²) < 4.78 is 9.49. The molecular weight excluding hydrogens is 558 g/mol. The summed E-state index contributed by atoms with van der Waals surface area (Å²) >= 11 is 0. The van der Waals surface area contributed by atoms with Crippen LogP contribution in [0.5, 0.6) is 0 Å². The maximum absolute atomic E-state index is 11.8. The van der Waals surface area contributed by atoms with Crippen LogP contribution in [0.3, 0.4) is 0 Å². The molecule has 4 N–H and O–H groups in total. The van der Waals surface area contributed by atoms with E-state index in [-0.39, 0.29) is 29.8 Å². The average molecular weight is 606 g/mol. The van der Waals surface area contributed by atoms with Crippen molar-refractivity contribution in [2.75, 3.05) is 25.3 Å². The fourth-order valence-electron chi connectivity index (χ4n) is 6.69. The van der Waals surface area contributed by atoms with Crippen LogP contribution in [0.2, 0.25) is 0 Å². The Morgan fingerprint density at radius 1 is 0.727 bits per heavy atom. The molecule has 3 fully saturated rings. The molecule has 0 bridgehead atoms. The molecule has 1 aliphatic heterocycles. The number of nitrogens with one attached hydrogen (secondary N) is 2. The van der Waals surface area contributed by atoms with Gasteiger partial charge >= 0.3 is 11.9 Å². The number of anilines is 2. The fraction of sp³-hybridized carbons (Fsp3) is 0.543. The molecule has 2 amide bonds. The van der Waals surface area contributed by atoms with Gasteiger partial charge in [-0.2, -0.15) is 0 Å². The molecule has 0 spiro atoms. The Morgan fingerprint density at radius 2 is 1.18 bits per heavy atom. The van der Waals surface area contributed by atoms with Crippen LogP contribution in [-0.2, 0) is 28.7 Å². The number of rotatable bonds is 8. The van der Waals surface area contributed by atoms with Crippen LogP contribution < -0.4 is 16.4 Å². The van der Waals surface area contributed by atoms with Crippen molar-refractivity contribution in [1.29, 1.82) is 0 Å². The quantitative estimate of drug-likeness (QED) is 0.194. The molecule has 238 valence electrons. The molecule has 2 saturated carbocycles. The van der Waals surface area contributed by atoms with Crippen molar-refractivity contribution in [2.24, 2.45) is 11.8 Å². The van der Waals surface area contributed by atoms with Crippen LogP contribution in [0, 0.1) is 11.8 Å². The number of nitrogen functional groups attached to an aromatic ring is 1. The van der Waals surface area contributed by atoms with Crippen molar-refractivity contribution < 1.29 is 28.7 Å². The number of hydrogen-bond donors (Lipinski definition) is 3. The summed E-state index contributed by atoms with van der Waals surface area (Å²) in [5.41, 5.74) is 10.1. The Hall–Kier alpha value is -3.88. The Balaban J connectivity index is 0.000000215. The summed E-state index contributed by atoms with van der Waals surface area (Å²) in [5.74, 6) is 1.44. The van der Waals surface area contributed by atoms with Crippen LogP contribution in [0.25, 0.3) is 0 Å². The second kappa shape index (κ2) is 16.3. The summed E-state index contributed by atoms with van der Waals surface area (Å²) in [6.45, 7) is 0. The van der Waals surface area contributed by atoms with Crippen molar-refractivity contribution >= 4 is 35.1 Å². The summed E-state index contributed by atoms with van der Waals surface area (Å²) in [6, 6.07) is 16.1. The van der Waals surface area contributed by atoms with E-state index in [9.17, 15) is 19.2 Å². The Labute approximate surface area is 260 Å². The average Bonchev–Trinajstić information content (AvgIpc) is 3.04. The third-order valence-corrected chi connectivity index (χ3v) is 9.43. The minimum atomic E-state index is -0.354. The number of carbonyl (C=O) groups is 4. The smallest absolute Gasteiger partial charge is 0.305 e. The molecule has 44 heavy (non-hydrogen) atoms. The summed E-state index contributed by atoms with van der Waals surface area (Å²) in [5, 5.41) is 5.56. The SMILES string of the molecule is COC(=O)CC1CCC(c2ccc(N)cc2)CC1.COC(=O)CC1CCC(c2ccc(N[C@@H]3CCC(=O)NC3=O)cc2)CC1. The van der Waals surface area contributed by atoms with Gasteiger partial charge in [0.25, 0.3) is 0 Å². The van der Waals surface area contributed by atoms with E-state index in [0.717, 1.165) is 62.7 Å².